The van der Waals surface area contributed by atoms with Crippen molar-refractivity contribution in [3.8, 4) is 5.75 Å². The summed E-state index contributed by atoms with van der Waals surface area (Å²) in [5.41, 5.74) is 1.77. The van der Waals surface area contributed by atoms with Gasteiger partial charge in [-0.25, -0.2) is 8.42 Å². The van der Waals surface area contributed by atoms with Crippen molar-refractivity contribution >= 4 is 15.9 Å². The van der Waals surface area contributed by atoms with Crippen molar-refractivity contribution in [1.82, 2.24) is 0 Å². The van der Waals surface area contributed by atoms with Gasteiger partial charge in [-0.2, -0.15) is 0 Å². The second kappa shape index (κ2) is 8.07. The Balaban J connectivity index is 2.61. The molecule has 0 saturated carbocycles. The minimum Gasteiger partial charge on any atom is -0.494 e. The number of aliphatic hydroxyl groups excluding tert-OH is 1. The highest BCUT2D eigenvalue weighted by molar-refractivity contribution is 7.90. The monoisotopic (exact) mass is 298 g/mol. The highest BCUT2D eigenvalue weighted by Crippen LogP contribution is 2.19. The van der Waals surface area contributed by atoms with Gasteiger partial charge < -0.3 is 9.84 Å². The molecule has 0 heterocycles. The summed E-state index contributed by atoms with van der Waals surface area (Å²) in [5.74, 6) is 0.771. The fraction of sp³-hybridized carbons (Fsp3) is 0.467. The molecule has 0 atom stereocenters. The molecule has 0 fully saturated rings. The molecule has 1 rings (SSSR count). The molecule has 112 valence electrons. The molecule has 0 unspecified atom stereocenters. The van der Waals surface area contributed by atoms with E-state index >= 15 is 0 Å². The molecular weight excluding hydrogens is 276 g/mol. The smallest absolute Gasteiger partial charge is 0.147 e. The predicted molar refractivity (Wildman–Crippen MR) is 81.5 cm³/mol. The van der Waals surface area contributed by atoms with E-state index in [1.54, 1.807) is 6.07 Å². The van der Waals surface area contributed by atoms with Gasteiger partial charge in [0.1, 0.15) is 15.6 Å². The summed E-state index contributed by atoms with van der Waals surface area (Å²) < 4.78 is 27.5. The maximum Gasteiger partial charge on any atom is 0.147 e. The molecule has 1 aromatic carbocycles. The summed E-state index contributed by atoms with van der Waals surface area (Å²) in [6.45, 7) is 2.35. The lowest BCUT2D eigenvalue weighted by Crippen LogP contribution is -2.08. The van der Waals surface area contributed by atoms with Gasteiger partial charge in [0.05, 0.1) is 19.0 Å². The van der Waals surface area contributed by atoms with E-state index in [2.05, 4.69) is 0 Å². The number of hydrogen-bond acceptors (Lipinski definition) is 4. The molecule has 0 amide bonds. The van der Waals surface area contributed by atoms with Crippen molar-refractivity contribution in [2.75, 3.05) is 18.6 Å². The standard InChI is InChI=1S/C15H22O4S/c1-3-4-6-13-7-8-15(11-14(13)12-16)19-9-5-10-20(2,17)18/h4,6-8,11,16H,3,5,9-10,12H2,1-2H3/b6-4+. The van der Waals surface area contributed by atoms with E-state index in [0.717, 1.165) is 17.5 Å². The lowest BCUT2D eigenvalue weighted by Gasteiger charge is -2.09. The molecule has 1 N–H and O–H groups in total. The third-order valence-corrected chi connectivity index (χ3v) is 3.78. The van der Waals surface area contributed by atoms with Gasteiger partial charge in [-0.3, -0.25) is 0 Å². The van der Waals surface area contributed by atoms with E-state index in [9.17, 15) is 13.5 Å². The van der Waals surface area contributed by atoms with Crippen LogP contribution in [0.25, 0.3) is 6.08 Å². The second-order valence-corrected chi connectivity index (χ2v) is 6.92. The van der Waals surface area contributed by atoms with Crippen molar-refractivity contribution in [3.05, 3.63) is 35.4 Å². The quantitative estimate of drug-likeness (QED) is 0.749. The van der Waals surface area contributed by atoms with Gasteiger partial charge in [-0.05, 0) is 36.1 Å². The van der Waals surface area contributed by atoms with Crippen LogP contribution in [-0.4, -0.2) is 32.1 Å². The molecule has 20 heavy (non-hydrogen) atoms. The first-order chi connectivity index (χ1) is 9.46. The number of sulfone groups is 1. The maximum absolute atomic E-state index is 11.0. The van der Waals surface area contributed by atoms with Crippen LogP contribution in [0.5, 0.6) is 5.75 Å². The van der Waals surface area contributed by atoms with Crippen molar-refractivity contribution in [1.29, 1.82) is 0 Å². The Morgan fingerprint density at radius 1 is 1.35 bits per heavy atom. The van der Waals surface area contributed by atoms with E-state index in [0.29, 0.717) is 18.8 Å². The van der Waals surface area contributed by atoms with E-state index in [1.807, 2.05) is 31.2 Å². The SMILES string of the molecule is CC/C=C/c1ccc(OCCCS(C)(=O)=O)cc1CO. The first-order valence-electron chi connectivity index (χ1n) is 6.67. The number of ether oxygens (including phenoxy) is 1. The van der Waals surface area contributed by atoms with Crippen LogP contribution in [0.4, 0.5) is 0 Å². The molecule has 1 aromatic rings. The molecule has 0 saturated heterocycles. The van der Waals surface area contributed by atoms with Gasteiger partial charge in [0.25, 0.3) is 0 Å². The molecule has 0 radical (unpaired) electrons. The van der Waals surface area contributed by atoms with Crippen LogP contribution in [0.3, 0.4) is 0 Å². The van der Waals surface area contributed by atoms with E-state index in [1.165, 1.54) is 6.26 Å². The Morgan fingerprint density at radius 2 is 2.10 bits per heavy atom. The second-order valence-electron chi connectivity index (χ2n) is 4.66. The molecule has 0 aliphatic carbocycles. The van der Waals surface area contributed by atoms with Crippen LogP contribution in [-0.2, 0) is 16.4 Å². The van der Waals surface area contributed by atoms with Crippen molar-refractivity contribution < 1.29 is 18.3 Å². The van der Waals surface area contributed by atoms with Gasteiger partial charge in [-0.15, -0.1) is 0 Å². The van der Waals surface area contributed by atoms with E-state index in [4.69, 9.17) is 4.74 Å². The highest BCUT2D eigenvalue weighted by Gasteiger charge is 2.04. The van der Waals surface area contributed by atoms with Gasteiger partial charge in [0, 0.05) is 6.26 Å². The van der Waals surface area contributed by atoms with E-state index in [-0.39, 0.29) is 12.4 Å². The lowest BCUT2D eigenvalue weighted by atomic mass is 10.1. The molecule has 0 spiro atoms. The molecule has 0 aliphatic rings. The van der Waals surface area contributed by atoms with Crippen LogP contribution in [0.1, 0.15) is 30.9 Å². The molecule has 0 aliphatic heterocycles. The zero-order valence-electron chi connectivity index (χ0n) is 12.0. The number of hydrogen-bond donors (Lipinski definition) is 1. The van der Waals surface area contributed by atoms with Crippen LogP contribution >= 0.6 is 0 Å². The molecule has 0 bridgehead atoms. The van der Waals surface area contributed by atoms with Crippen LogP contribution < -0.4 is 4.74 Å². The Kier molecular flexibility index (Phi) is 6.75. The molecule has 5 heteroatoms. The van der Waals surface area contributed by atoms with Gasteiger partial charge in [0.15, 0.2) is 0 Å². The third-order valence-electron chi connectivity index (χ3n) is 2.75. The summed E-state index contributed by atoms with van der Waals surface area (Å²) in [6, 6.07) is 5.51. The van der Waals surface area contributed by atoms with Gasteiger partial charge in [0.2, 0.25) is 0 Å². The van der Waals surface area contributed by atoms with Crippen molar-refractivity contribution in [3.63, 3.8) is 0 Å². The van der Waals surface area contributed by atoms with Crippen LogP contribution in [0, 0.1) is 0 Å². The topological polar surface area (TPSA) is 63.6 Å². The van der Waals surface area contributed by atoms with Crippen molar-refractivity contribution in [2.24, 2.45) is 0 Å². The molecular formula is C15H22O4S. The first kappa shape index (κ1) is 16.7. The summed E-state index contributed by atoms with van der Waals surface area (Å²) in [7, 11) is -2.94. The van der Waals surface area contributed by atoms with Gasteiger partial charge >= 0.3 is 0 Å². The molecule has 0 aromatic heterocycles. The van der Waals surface area contributed by atoms with Gasteiger partial charge in [-0.1, -0.05) is 25.1 Å². The largest absolute Gasteiger partial charge is 0.494 e. The minimum absolute atomic E-state index is 0.0517. The van der Waals surface area contributed by atoms with Crippen molar-refractivity contribution in [2.45, 2.75) is 26.4 Å². The van der Waals surface area contributed by atoms with Crippen LogP contribution in [0.2, 0.25) is 0 Å². The highest BCUT2D eigenvalue weighted by atomic mass is 32.2. The first-order valence-corrected chi connectivity index (χ1v) is 8.73. The Labute approximate surface area is 121 Å². The normalized spacial score (nSPS) is 11.9. The number of benzene rings is 1. The van der Waals surface area contributed by atoms with Crippen LogP contribution in [0.15, 0.2) is 24.3 Å². The summed E-state index contributed by atoms with van der Waals surface area (Å²) in [4.78, 5) is 0. The average Bonchev–Trinajstić information content (AvgIpc) is 2.40. The zero-order valence-corrected chi connectivity index (χ0v) is 12.8. The zero-order chi connectivity index (χ0) is 15.0. The number of allylic oxidation sites excluding steroid dienone is 1. The maximum atomic E-state index is 11.0. The third kappa shape index (κ3) is 6.21. The minimum atomic E-state index is -2.94. The Hall–Kier alpha value is -1.33. The predicted octanol–water partition coefficient (Wildman–Crippen LogP) is 2.42. The number of rotatable bonds is 8. The molecule has 4 nitrogen and oxygen atoms in total. The summed E-state index contributed by atoms with van der Waals surface area (Å²) >= 11 is 0. The van der Waals surface area contributed by atoms with E-state index < -0.39 is 9.84 Å². The Morgan fingerprint density at radius 3 is 2.70 bits per heavy atom. The Bertz CT molecular complexity index is 547. The summed E-state index contributed by atoms with van der Waals surface area (Å²) in [6.07, 6.45) is 6.62. The lowest BCUT2D eigenvalue weighted by molar-refractivity contribution is 0.279. The summed E-state index contributed by atoms with van der Waals surface area (Å²) in [5, 5.41) is 9.35. The number of aliphatic hydroxyl groups is 1. The fourth-order valence-electron chi connectivity index (χ4n) is 1.73. The average molecular weight is 298 g/mol. The fourth-order valence-corrected chi connectivity index (χ4v) is 2.37.